The molecule has 1 atom stereocenters. The molecule has 1 fully saturated rings. The van der Waals surface area contributed by atoms with Crippen LogP contribution in [-0.4, -0.2) is 35.4 Å². The Morgan fingerprint density at radius 2 is 1.75 bits per heavy atom. The van der Waals surface area contributed by atoms with Gasteiger partial charge in [0.25, 0.3) is 0 Å². The van der Waals surface area contributed by atoms with E-state index in [9.17, 15) is 9.59 Å². The predicted octanol–water partition coefficient (Wildman–Crippen LogP) is 5.02. The van der Waals surface area contributed by atoms with Crippen molar-refractivity contribution >= 4 is 11.8 Å². The molecular formula is C27H36N2O3. The first-order valence-corrected chi connectivity index (χ1v) is 11.9. The van der Waals surface area contributed by atoms with Crippen molar-refractivity contribution in [3.05, 3.63) is 65.7 Å². The van der Waals surface area contributed by atoms with Crippen molar-refractivity contribution in [2.24, 2.45) is 0 Å². The number of carbonyl (C=O) groups is 2. The lowest BCUT2D eigenvalue weighted by Gasteiger charge is -2.32. The first-order valence-electron chi connectivity index (χ1n) is 11.9. The molecule has 2 amide bonds. The zero-order valence-electron chi connectivity index (χ0n) is 19.4. The largest absolute Gasteiger partial charge is 0.494 e. The van der Waals surface area contributed by atoms with E-state index in [-0.39, 0.29) is 17.9 Å². The number of benzene rings is 2. The molecule has 172 valence electrons. The minimum atomic E-state index is -0.460. The molecule has 0 saturated heterocycles. The number of hydrogen-bond acceptors (Lipinski definition) is 3. The maximum atomic E-state index is 13.3. The molecule has 0 spiro atoms. The van der Waals surface area contributed by atoms with Crippen molar-refractivity contribution < 1.29 is 14.3 Å². The molecule has 1 aliphatic rings. The minimum absolute atomic E-state index is 0.00154. The van der Waals surface area contributed by atoms with Gasteiger partial charge in [-0.15, -0.1) is 0 Å². The van der Waals surface area contributed by atoms with Crippen LogP contribution in [0, 0.1) is 6.92 Å². The SMILES string of the molecule is CC[C@@H](C(=O)NC1CCCC1)N(Cc1ccccc1C)C(=O)CCCOc1ccccc1. The lowest BCUT2D eigenvalue weighted by molar-refractivity contribution is -0.141. The first kappa shape index (κ1) is 23.8. The zero-order valence-corrected chi connectivity index (χ0v) is 19.4. The lowest BCUT2D eigenvalue weighted by Crippen LogP contribution is -2.51. The Balaban J connectivity index is 1.66. The van der Waals surface area contributed by atoms with Gasteiger partial charge in [-0.05, 0) is 55.9 Å². The van der Waals surface area contributed by atoms with Crippen molar-refractivity contribution in [3.63, 3.8) is 0 Å². The third-order valence-electron chi connectivity index (χ3n) is 6.24. The van der Waals surface area contributed by atoms with Gasteiger partial charge < -0.3 is 15.0 Å². The van der Waals surface area contributed by atoms with Gasteiger partial charge in [0.15, 0.2) is 0 Å². The van der Waals surface area contributed by atoms with Crippen LogP contribution in [0.15, 0.2) is 54.6 Å². The van der Waals surface area contributed by atoms with Gasteiger partial charge in [0.2, 0.25) is 11.8 Å². The Kier molecular flexibility index (Phi) is 9.14. The molecule has 5 heteroatoms. The second-order valence-corrected chi connectivity index (χ2v) is 8.63. The van der Waals surface area contributed by atoms with Crippen molar-refractivity contribution in [2.45, 2.75) is 77.4 Å². The number of nitrogens with zero attached hydrogens (tertiary/aromatic N) is 1. The number of aryl methyl sites for hydroxylation is 1. The smallest absolute Gasteiger partial charge is 0.243 e. The Hall–Kier alpha value is -2.82. The summed E-state index contributed by atoms with van der Waals surface area (Å²) in [7, 11) is 0. The molecule has 0 unspecified atom stereocenters. The molecule has 5 nitrogen and oxygen atoms in total. The molecule has 0 bridgehead atoms. The average Bonchev–Trinajstić information content (AvgIpc) is 3.31. The summed E-state index contributed by atoms with van der Waals surface area (Å²) in [5, 5.41) is 3.20. The van der Waals surface area contributed by atoms with Crippen LogP contribution in [-0.2, 0) is 16.1 Å². The van der Waals surface area contributed by atoms with E-state index in [1.54, 1.807) is 4.90 Å². The van der Waals surface area contributed by atoms with Crippen LogP contribution in [0.2, 0.25) is 0 Å². The third kappa shape index (κ3) is 6.84. The molecule has 0 aliphatic heterocycles. The fourth-order valence-electron chi connectivity index (χ4n) is 4.33. The van der Waals surface area contributed by atoms with E-state index < -0.39 is 6.04 Å². The Bertz CT molecular complexity index is 862. The highest BCUT2D eigenvalue weighted by molar-refractivity contribution is 5.87. The average molecular weight is 437 g/mol. The number of amides is 2. The van der Waals surface area contributed by atoms with Gasteiger partial charge in [0.1, 0.15) is 11.8 Å². The summed E-state index contributed by atoms with van der Waals surface area (Å²) >= 11 is 0. The zero-order chi connectivity index (χ0) is 22.8. The maximum Gasteiger partial charge on any atom is 0.243 e. The number of para-hydroxylation sites is 1. The van der Waals surface area contributed by atoms with Crippen molar-refractivity contribution in [1.29, 1.82) is 0 Å². The molecule has 2 aromatic carbocycles. The number of ether oxygens (including phenoxy) is 1. The highest BCUT2D eigenvalue weighted by Crippen LogP contribution is 2.20. The highest BCUT2D eigenvalue weighted by Gasteiger charge is 2.30. The number of hydrogen-bond donors (Lipinski definition) is 1. The molecule has 2 aromatic rings. The standard InChI is InChI=1S/C27H36N2O3/c1-3-25(27(31)28-23-14-9-10-15-23)29(20-22-13-8-7-12-21(22)2)26(30)18-11-19-32-24-16-5-4-6-17-24/h4-8,12-13,16-17,23,25H,3,9-11,14-15,18-20H2,1-2H3,(H,28,31)/t25-/m0/s1. The fraction of sp³-hybridized carbons (Fsp3) is 0.481. The van der Waals surface area contributed by atoms with E-state index in [1.807, 2.05) is 68.4 Å². The molecular weight excluding hydrogens is 400 g/mol. The summed E-state index contributed by atoms with van der Waals surface area (Å²) in [4.78, 5) is 28.2. The lowest BCUT2D eigenvalue weighted by atomic mass is 10.0. The van der Waals surface area contributed by atoms with Crippen LogP contribution in [0.1, 0.15) is 63.0 Å². The molecule has 1 N–H and O–H groups in total. The summed E-state index contributed by atoms with van der Waals surface area (Å²) in [6, 6.07) is 17.5. The summed E-state index contributed by atoms with van der Waals surface area (Å²) in [5.41, 5.74) is 2.21. The number of rotatable bonds is 11. The predicted molar refractivity (Wildman–Crippen MR) is 127 cm³/mol. The Labute approximate surface area is 192 Å². The highest BCUT2D eigenvalue weighted by atomic mass is 16.5. The third-order valence-corrected chi connectivity index (χ3v) is 6.24. The van der Waals surface area contributed by atoms with Crippen molar-refractivity contribution in [2.75, 3.05) is 6.61 Å². The van der Waals surface area contributed by atoms with Crippen LogP contribution >= 0.6 is 0 Å². The second-order valence-electron chi connectivity index (χ2n) is 8.63. The monoisotopic (exact) mass is 436 g/mol. The van der Waals surface area contributed by atoms with Gasteiger partial charge in [0.05, 0.1) is 6.61 Å². The van der Waals surface area contributed by atoms with Crippen LogP contribution in [0.5, 0.6) is 5.75 Å². The number of nitrogens with one attached hydrogen (secondary N) is 1. The van der Waals surface area contributed by atoms with E-state index >= 15 is 0 Å². The molecule has 32 heavy (non-hydrogen) atoms. The van der Waals surface area contributed by atoms with Crippen LogP contribution < -0.4 is 10.1 Å². The van der Waals surface area contributed by atoms with E-state index in [4.69, 9.17) is 4.74 Å². The van der Waals surface area contributed by atoms with Gasteiger partial charge in [-0.25, -0.2) is 0 Å². The fourth-order valence-corrected chi connectivity index (χ4v) is 4.33. The van der Waals surface area contributed by atoms with Gasteiger partial charge >= 0.3 is 0 Å². The van der Waals surface area contributed by atoms with Crippen molar-refractivity contribution in [1.82, 2.24) is 10.2 Å². The Morgan fingerprint density at radius 3 is 2.44 bits per heavy atom. The van der Waals surface area contributed by atoms with Gasteiger partial charge in [-0.1, -0.05) is 62.2 Å². The van der Waals surface area contributed by atoms with Crippen molar-refractivity contribution in [3.8, 4) is 5.75 Å². The Morgan fingerprint density at radius 1 is 1.06 bits per heavy atom. The van der Waals surface area contributed by atoms with Gasteiger partial charge in [0, 0.05) is 19.0 Å². The summed E-state index contributed by atoms with van der Waals surface area (Å²) in [6.07, 6.45) is 5.95. The van der Waals surface area contributed by atoms with Gasteiger partial charge in [-0.3, -0.25) is 9.59 Å². The number of carbonyl (C=O) groups excluding carboxylic acids is 2. The molecule has 1 aliphatic carbocycles. The molecule has 1 saturated carbocycles. The summed E-state index contributed by atoms with van der Waals surface area (Å²) < 4.78 is 5.75. The van der Waals surface area contributed by atoms with E-state index in [0.717, 1.165) is 42.6 Å². The molecule has 0 radical (unpaired) electrons. The summed E-state index contributed by atoms with van der Waals surface area (Å²) in [5.74, 6) is 0.777. The quantitative estimate of drug-likeness (QED) is 0.503. The van der Waals surface area contributed by atoms with E-state index in [2.05, 4.69) is 5.32 Å². The maximum absolute atomic E-state index is 13.3. The first-order chi connectivity index (χ1) is 15.6. The van der Waals surface area contributed by atoms with Crippen LogP contribution in [0.25, 0.3) is 0 Å². The van der Waals surface area contributed by atoms with Crippen LogP contribution in [0.3, 0.4) is 0 Å². The molecule has 0 aromatic heterocycles. The second kappa shape index (κ2) is 12.3. The summed E-state index contributed by atoms with van der Waals surface area (Å²) in [6.45, 7) is 4.95. The van der Waals surface area contributed by atoms with E-state index in [1.165, 1.54) is 0 Å². The van der Waals surface area contributed by atoms with E-state index in [0.29, 0.717) is 32.4 Å². The minimum Gasteiger partial charge on any atom is -0.494 e. The van der Waals surface area contributed by atoms with Gasteiger partial charge in [-0.2, -0.15) is 0 Å². The molecule has 0 heterocycles. The molecule has 3 rings (SSSR count). The normalized spacial score (nSPS) is 14.7. The van der Waals surface area contributed by atoms with Crippen LogP contribution in [0.4, 0.5) is 0 Å². The topological polar surface area (TPSA) is 58.6 Å².